The summed E-state index contributed by atoms with van der Waals surface area (Å²) in [6.07, 6.45) is 1.01. The molecule has 98 valence electrons. The number of aryl methyl sites for hydroxylation is 1. The van der Waals surface area contributed by atoms with Gasteiger partial charge in [0, 0.05) is 13.0 Å². The van der Waals surface area contributed by atoms with Crippen LogP contribution in [0, 0.1) is 0 Å². The molecule has 18 heavy (non-hydrogen) atoms. The lowest BCUT2D eigenvalue weighted by Crippen LogP contribution is -2.52. The Labute approximate surface area is 109 Å². The summed E-state index contributed by atoms with van der Waals surface area (Å²) in [5, 5.41) is 13.0. The SMILES string of the molecule is O=C(O)C1COCCN1C(=O)CCc1ccsc1. The lowest BCUT2D eigenvalue weighted by molar-refractivity contribution is -0.158. The molecule has 2 rings (SSSR count). The van der Waals surface area contributed by atoms with E-state index in [-0.39, 0.29) is 12.5 Å². The molecule has 1 unspecified atom stereocenters. The number of thiophene rings is 1. The quantitative estimate of drug-likeness (QED) is 0.885. The van der Waals surface area contributed by atoms with Gasteiger partial charge in [0.2, 0.25) is 5.91 Å². The average Bonchev–Trinajstić information content (AvgIpc) is 2.89. The Morgan fingerprint density at radius 2 is 2.39 bits per heavy atom. The van der Waals surface area contributed by atoms with Crippen LogP contribution < -0.4 is 0 Å². The Bertz CT molecular complexity index is 418. The summed E-state index contributed by atoms with van der Waals surface area (Å²) in [6.45, 7) is 0.854. The van der Waals surface area contributed by atoms with Crippen LogP contribution in [0.2, 0.25) is 0 Å². The van der Waals surface area contributed by atoms with E-state index in [2.05, 4.69) is 0 Å². The van der Waals surface area contributed by atoms with Crippen LogP contribution in [0.5, 0.6) is 0 Å². The van der Waals surface area contributed by atoms with Crippen molar-refractivity contribution in [3.8, 4) is 0 Å². The molecule has 0 aliphatic carbocycles. The van der Waals surface area contributed by atoms with E-state index in [1.807, 2.05) is 16.8 Å². The highest BCUT2D eigenvalue weighted by Gasteiger charge is 2.32. The minimum Gasteiger partial charge on any atom is -0.480 e. The third kappa shape index (κ3) is 3.08. The Morgan fingerprint density at radius 3 is 3.06 bits per heavy atom. The van der Waals surface area contributed by atoms with Crippen LogP contribution in [0.25, 0.3) is 0 Å². The van der Waals surface area contributed by atoms with Crippen LogP contribution >= 0.6 is 11.3 Å². The summed E-state index contributed by atoms with van der Waals surface area (Å²) in [5.41, 5.74) is 1.12. The number of carbonyl (C=O) groups is 2. The first-order valence-corrected chi connectivity index (χ1v) is 6.74. The predicted octanol–water partition coefficient (Wildman–Crippen LogP) is 0.993. The summed E-state index contributed by atoms with van der Waals surface area (Å²) in [4.78, 5) is 24.5. The lowest BCUT2D eigenvalue weighted by Gasteiger charge is -2.32. The molecule has 1 fully saturated rings. The van der Waals surface area contributed by atoms with Crippen LogP contribution in [0.1, 0.15) is 12.0 Å². The molecular formula is C12H15NO4S. The fourth-order valence-corrected chi connectivity index (χ4v) is 2.64. The van der Waals surface area contributed by atoms with Crippen LogP contribution in [0.3, 0.4) is 0 Å². The monoisotopic (exact) mass is 269 g/mol. The number of rotatable bonds is 4. The first kappa shape index (κ1) is 13.0. The number of aliphatic carboxylic acids is 1. The first-order chi connectivity index (χ1) is 8.68. The molecule has 1 aliphatic rings. The highest BCUT2D eigenvalue weighted by Crippen LogP contribution is 2.13. The van der Waals surface area contributed by atoms with Gasteiger partial charge in [-0.2, -0.15) is 11.3 Å². The van der Waals surface area contributed by atoms with Gasteiger partial charge < -0.3 is 14.7 Å². The maximum Gasteiger partial charge on any atom is 0.328 e. The van der Waals surface area contributed by atoms with Gasteiger partial charge in [-0.05, 0) is 28.8 Å². The molecule has 2 heterocycles. The van der Waals surface area contributed by atoms with Crippen molar-refractivity contribution in [2.75, 3.05) is 19.8 Å². The van der Waals surface area contributed by atoms with E-state index in [9.17, 15) is 9.59 Å². The van der Waals surface area contributed by atoms with Crippen LogP contribution in [0.4, 0.5) is 0 Å². The molecule has 1 atom stereocenters. The fraction of sp³-hybridized carbons (Fsp3) is 0.500. The number of carboxylic acids is 1. The molecule has 1 saturated heterocycles. The van der Waals surface area contributed by atoms with E-state index >= 15 is 0 Å². The molecule has 1 aliphatic heterocycles. The number of hydrogen-bond donors (Lipinski definition) is 1. The predicted molar refractivity (Wildman–Crippen MR) is 66.6 cm³/mol. The molecule has 0 bridgehead atoms. The highest BCUT2D eigenvalue weighted by molar-refractivity contribution is 7.07. The molecule has 0 aromatic carbocycles. The Morgan fingerprint density at radius 1 is 1.56 bits per heavy atom. The van der Waals surface area contributed by atoms with Gasteiger partial charge in [0.05, 0.1) is 13.2 Å². The van der Waals surface area contributed by atoms with Crippen molar-refractivity contribution in [1.82, 2.24) is 4.90 Å². The lowest BCUT2D eigenvalue weighted by atomic mass is 10.1. The maximum absolute atomic E-state index is 12.0. The first-order valence-electron chi connectivity index (χ1n) is 5.79. The second kappa shape index (κ2) is 5.97. The highest BCUT2D eigenvalue weighted by atomic mass is 32.1. The van der Waals surface area contributed by atoms with E-state index in [0.717, 1.165) is 5.56 Å². The van der Waals surface area contributed by atoms with E-state index in [1.165, 1.54) is 4.90 Å². The van der Waals surface area contributed by atoms with Gasteiger partial charge >= 0.3 is 5.97 Å². The molecule has 5 nitrogen and oxygen atoms in total. The standard InChI is InChI=1S/C12H15NO4S/c14-11(2-1-9-3-6-18-8-9)13-4-5-17-7-10(13)12(15)16/h3,6,8,10H,1-2,4-5,7H2,(H,15,16). The minimum absolute atomic E-state index is 0.0829. The Kier molecular flexibility index (Phi) is 4.33. The molecule has 1 N–H and O–H groups in total. The number of carbonyl (C=O) groups excluding carboxylic acids is 1. The molecule has 1 aromatic heterocycles. The minimum atomic E-state index is -1.00. The molecule has 0 saturated carbocycles. The second-order valence-electron chi connectivity index (χ2n) is 4.15. The summed E-state index contributed by atoms with van der Waals surface area (Å²) in [5.74, 6) is -1.12. The maximum atomic E-state index is 12.0. The zero-order valence-electron chi connectivity index (χ0n) is 9.87. The molecule has 1 amide bonds. The average molecular weight is 269 g/mol. The topological polar surface area (TPSA) is 66.8 Å². The van der Waals surface area contributed by atoms with Crippen molar-refractivity contribution in [3.63, 3.8) is 0 Å². The third-order valence-electron chi connectivity index (χ3n) is 2.94. The van der Waals surface area contributed by atoms with Gasteiger partial charge in [-0.25, -0.2) is 4.79 Å². The van der Waals surface area contributed by atoms with Gasteiger partial charge in [-0.15, -0.1) is 0 Å². The number of morpholine rings is 1. The van der Waals surface area contributed by atoms with Crippen LogP contribution in [-0.4, -0.2) is 47.7 Å². The van der Waals surface area contributed by atoms with E-state index in [0.29, 0.717) is 26.0 Å². The van der Waals surface area contributed by atoms with Gasteiger partial charge in [-0.1, -0.05) is 0 Å². The van der Waals surface area contributed by atoms with Crippen molar-refractivity contribution < 1.29 is 19.4 Å². The van der Waals surface area contributed by atoms with Crippen molar-refractivity contribution >= 4 is 23.2 Å². The van der Waals surface area contributed by atoms with E-state index in [1.54, 1.807) is 11.3 Å². The van der Waals surface area contributed by atoms with Crippen molar-refractivity contribution in [3.05, 3.63) is 22.4 Å². The molecule has 1 aromatic rings. The number of amides is 1. The summed E-state index contributed by atoms with van der Waals surface area (Å²) < 4.78 is 5.10. The fourth-order valence-electron chi connectivity index (χ4n) is 1.94. The van der Waals surface area contributed by atoms with Crippen LogP contribution in [-0.2, 0) is 20.7 Å². The van der Waals surface area contributed by atoms with E-state index in [4.69, 9.17) is 9.84 Å². The zero-order chi connectivity index (χ0) is 13.0. The smallest absolute Gasteiger partial charge is 0.328 e. The second-order valence-corrected chi connectivity index (χ2v) is 4.93. The van der Waals surface area contributed by atoms with Crippen molar-refractivity contribution in [1.29, 1.82) is 0 Å². The zero-order valence-corrected chi connectivity index (χ0v) is 10.7. The van der Waals surface area contributed by atoms with Crippen LogP contribution in [0.15, 0.2) is 16.8 Å². The number of carboxylic acid groups (broad SMARTS) is 1. The largest absolute Gasteiger partial charge is 0.480 e. The Balaban J connectivity index is 1.92. The number of ether oxygens (including phenoxy) is 1. The van der Waals surface area contributed by atoms with Gasteiger partial charge in [-0.3, -0.25) is 4.79 Å². The van der Waals surface area contributed by atoms with Gasteiger partial charge in [0.1, 0.15) is 0 Å². The van der Waals surface area contributed by atoms with E-state index < -0.39 is 12.0 Å². The number of nitrogens with zero attached hydrogens (tertiary/aromatic N) is 1. The summed E-state index contributed by atoms with van der Waals surface area (Å²) in [6, 6.07) is 1.14. The molecule has 0 radical (unpaired) electrons. The third-order valence-corrected chi connectivity index (χ3v) is 3.67. The summed E-state index contributed by atoms with van der Waals surface area (Å²) >= 11 is 1.59. The number of hydrogen-bond acceptors (Lipinski definition) is 4. The van der Waals surface area contributed by atoms with Crippen molar-refractivity contribution in [2.45, 2.75) is 18.9 Å². The Hall–Kier alpha value is -1.40. The van der Waals surface area contributed by atoms with Crippen molar-refractivity contribution in [2.24, 2.45) is 0 Å². The molecule has 6 heteroatoms. The van der Waals surface area contributed by atoms with Gasteiger partial charge in [0.25, 0.3) is 0 Å². The molecular weight excluding hydrogens is 254 g/mol. The van der Waals surface area contributed by atoms with Gasteiger partial charge in [0.15, 0.2) is 6.04 Å². The normalized spacial score (nSPS) is 19.8. The summed E-state index contributed by atoms with van der Waals surface area (Å²) in [7, 11) is 0. The molecule has 0 spiro atoms.